The van der Waals surface area contributed by atoms with E-state index in [2.05, 4.69) is 6.92 Å². The zero-order valence-electron chi connectivity index (χ0n) is 19.8. The monoisotopic (exact) mass is 644 g/mol. The first kappa shape index (κ1) is 29.3. The van der Waals surface area contributed by atoms with E-state index in [-0.39, 0.29) is 18.3 Å². The van der Waals surface area contributed by atoms with Crippen molar-refractivity contribution in [1.29, 1.82) is 0 Å². The molecule has 0 radical (unpaired) electrons. The average molecular weight is 648 g/mol. The fourth-order valence-electron chi connectivity index (χ4n) is 9.14. The van der Waals surface area contributed by atoms with E-state index in [0.29, 0.717) is 19.3 Å². The summed E-state index contributed by atoms with van der Waals surface area (Å²) in [6.07, 6.45) is 2.99. The van der Waals surface area contributed by atoms with Crippen LogP contribution in [0.2, 0.25) is 0 Å². The molecule has 3 nitrogen and oxygen atoms in total. The van der Waals surface area contributed by atoms with Crippen LogP contribution < -0.4 is 0 Å². The first-order valence-corrected chi connectivity index (χ1v) is 14.9. The Balaban J connectivity index is 2.09. The van der Waals surface area contributed by atoms with Crippen molar-refractivity contribution < 1.29 is 14.4 Å². The normalized spacial score (nSPS) is 52.5. The molecular formula is C24H28Cl8O3. The minimum absolute atomic E-state index is 0.126. The van der Waals surface area contributed by atoms with Crippen LogP contribution in [0, 0.1) is 39.9 Å². The first-order valence-electron chi connectivity index (χ1n) is 11.8. The minimum atomic E-state index is -2.24. The molecule has 0 amide bonds. The number of hydrogen-bond donors (Lipinski definition) is 0. The second-order valence-corrected chi connectivity index (χ2v) is 16.0. The van der Waals surface area contributed by atoms with Crippen LogP contribution >= 0.6 is 92.8 Å². The molecule has 0 heterocycles. The van der Waals surface area contributed by atoms with E-state index in [9.17, 15) is 14.4 Å². The molecule has 0 aromatic carbocycles. The van der Waals surface area contributed by atoms with Crippen molar-refractivity contribution in [3.63, 3.8) is 0 Å². The van der Waals surface area contributed by atoms with Gasteiger partial charge in [0.1, 0.15) is 4.33 Å². The smallest absolute Gasteiger partial charge is 0.245 e. The van der Waals surface area contributed by atoms with Gasteiger partial charge in [-0.15, -0.1) is 34.8 Å². The third-order valence-electron chi connectivity index (χ3n) is 10.7. The van der Waals surface area contributed by atoms with Crippen molar-refractivity contribution >= 4 is 109 Å². The lowest BCUT2D eigenvalue weighted by Crippen LogP contribution is -2.89. The van der Waals surface area contributed by atoms with E-state index in [0.717, 1.165) is 12.8 Å². The lowest BCUT2D eigenvalue weighted by atomic mass is 9.31. The number of carbonyl (C=O) groups excluding carboxylic acids is 3. The number of hydrogen-bond acceptors (Lipinski definition) is 3. The fourth-order valence-corrected chi connectivity index (χ4v) is 13.2. The zero-order chi connectivity index (χ0) is 26.8. The molecule has 5 rings (SSSR count). The lowest BCUT2D eigenvalue weighted by molar-refractivity contribution is -0.219. The Morgan fingerprint density at radius 2 is 1.34 bits per heavy atom. The van der Waals surface area contributed by atoms with Gasteiger partial charge < -0.3 is 0 Å². The highest BCUT2D eigenvalue weighted by Crippen LogP contribution is 2.85. The molecule has 0 aliphatic heterocycles. The van der Waals surface area contributed by atoms with Crippen LogP contribution in [-0.4, -0.2) is 34.7 Å². The topological polar surface area (TPSA) is 51.2 Å². The highest BCUT2D eigenvalue weighted by atomic mass is 35.5. The summed E-state index contributed by atoms with van der Waals surface area (Å²) in [7, 11) is 0. The van der Waals surface area contributed by atoms with Crippen molar-refractivity contribution in [1.82, 2.24) is 0 Å². The molecule has 2 bridgehead atoms. The maximum Gasteiger partial charge on any atom is 0.245 e. The van der Waals surface area contributed by atoms with Gasteiger partial charge in [0.25, 0.3) is 0 Å². The maximum atomic E-state index is 13.4. The van der Waals surface area contributed by atoms with Crippen LogP contribution in [0.4, 0.5) is 0 Å². The Labute approximate surface area is 246 Å². The molecule has 0 saturated heterocycles. The second kappa shape index (κ2) is 8.42. The zero-order valence-corrected chi connectivity index (χ0v) is 25.8. The molecule has 0 N–H and O–H groups in total. The van der Waals surface area contributed by atoms with E-state index in [1.807, 2.05) is 20.8 Å². The quantitative estimate of drug-likeness (QED) is 0.228. The summed E-state index contributed by atoms with van der Waals surface area (Å²) in [6, 6.07) is 0. The van der Waals surface area contributed by atoms with Crippen LogP contribution in [-0.2, 0) is 14.4 Å². The molecule has 9 unspecified atom stereocenters. The van der Waals surface area contributed by atoms with Gasteiger partial charge in [0.2, 0.25) is 15.7 Å². The molecule has 5 saturated carbocycles. The van der Waals surface area contributed by atoms with Gasteiger partial charge in [0.05, 0.1) is 4.87 Å². The number of fused-ring (bicyclic) bond motifs is 3. The Kier molecular flexibility index (Phi) is 7.05. The molecule has 11 heteroatoms. The van der Waals surface area contributed by atoms with Crippen molar-refractivity contribution in [3.05, 3.63) is 0 Å². The van der Waals surface area contributed by atoms with Crippen LogP contribution in [0.15, 0.2) is 0 Å². The molecule has 5 fully saturated rings. The van der Waals surface area contributed by atoms with Gasteiger partial charge >= 0.3 is 0 Å². The summed E-state index contributed by atoms with van der Waals surface area (Å²) >= 11 is 55.0. The molecule has 0 aromatic heterocycles. The third-order valence-corrected chi connectivity index (χ3v) is 16.0. The van der Waals surface area contributed by atoms with Gasteiger partial charge in [0.15, 0.2) is 9.75 Å². The number of rotatable bonds is 4. The van der Waals surface area contributed by atoms with Crippen LogP contribution in [0.1, 0.15) is 66.2 Å². The second-order valence-electron chi connectivity index (χ2n) is 11.9. The van der Waals surface area contributed by atoms with Crippen molar-refractivity contribution in [3.8, 4) is 0 Å². The highest BCUT2D eigenvalue weighted by Gasteiger charge is 2.92. The van der Waals surface area contributed by atoms with E-state index < -0.39 is 62.8 Å². The summed E-state index contributed by atoms with van der Waals surface area (Å²) in [6.45, 7) is 7.65. The summed E-state index contributed by atoms with van der Waals surface area (Å²) in [4.78, 5) is 33.3. The number of carbonyl (C=O) groups is 3. The van der Waals surface area contributed by atoms with Gasteiger partial charge in [-0.1, -0.05) is 57.3 Å². The SMILES string of the molecule is CC(C)C1(Cl)C2CC3C4(C)CCCC(C)(C(=O)Cl)C4CCC3(C1(Cl)Cl)C(Cl)(C(=O)Cl)C2(Cl)C(=O)Cl. The van der Waals surface area contributed by atoms with E-state index >= 15 is 0 Å². The molecule has 9 atom stereocenters. The van der Waals surface area contributed by atoms with Crippen molar-refractivity contribution in [2.75, 3.05) is 0 Å². The lowest BCUT2D eigenvalue weighted by Gasteiger charge is -2.79. The molecule has 5 aliphatic rings. The Bertz CT molecular complexity index is 1000. The van der Waals surface area contributed by atoms with Crippen molar-refractivity contribution in [2.24, 2.45) is 39.9 Å². The standard InChI is InChI=1S/C24H28Cl8O3/c1-11(2)21(28)14-10-13-18(3)7-5-8-19(4,15(25)33)12(18)6-9-20(13,24(21,31)32)23(30,17(27)35)22(14,29)16(26)34/h11-14H,5-10H2,1-4H3. The Hall–Kier alpha value is 1.33. The van der Waals surface area contributed by atoms with Gasteiger partial charge in [0, 0.05) is 16.7 Å². The molecule has 198 valence electrons. The summed E-state index contributed by atoms with van der Waals surface area (Å²) in [5.74, 6) is -1.91. The largest absolute Gasteiger partial charge is 0.281 e. The summed E-state index contributed by atoms with van der Waals surface area (Å²) < 4.78 is -1.81. The molecular weight excluding hydrogens is 620 g/mol. The number of halogens is 8. The predicted octanol–water partition coefficient (Wildman–Crippen LogP) is 8.29. The third kappa shape index (κ3) is 2.95. The average Bonchev–Trinajstić information content (AvgIpc) is 2.73. The Morgan fingerprint density at radius 1 is 0.771 bits per heavy atom. The Morgan fingerprint density at radius 3 is 1.80 bits per heavy atom. The van der Waals surface area contributed by atoms with E-state index in [1.54, 1.807) is 0 Å². The molecule has 5 aliphatic carbocycles. The van der Waals surface area contributed by atoms with Crippen LogP contribution in [0.25, 0.3) is 0 Å². The van der Waals surface area contributed by atoms with Crippen molar-refractivity contribution in [2.45, 2.75) is 85.2 Å². The fraction of sp³-hybridized carbons (Fsp3) is 0.875. The summed E-state index contributed by atoms with van der Waals surface area (Å²) in [5.41, 5.74) is -2.85. The van der Waals surface area contributed by atoms with Crippen LogP contribution in [0.3, 0.4) is 0 Å². The highest BCUT2D eigenvalue weighted by molar-refractivity contribution is 6.79. The molecule has 1 spiro atoms. The van der Waals surface area contributed by atoms with Gasteiger partial charge in [-0.05, 0) is 90.1 Å². The van der Waals surface area contributed by atoms with Gasteiger partial charge in [-0.3, -0.25) is 14.4 Å². The first-order chi connectivity index (χ1) is 15.8. The molecule has 35 heavy (non-hydrogen) atoms. The molecule has 0 aromatic rings. The summed E-state index contributed by atoms with van der Waals surface area (Å²) in [5, 5.41) is -2.45. The van der Waals surface area contributed by atoms with Gasteiger partial charge in [-0.25, -0.2) is 0 Å². The van der Waals surface area contributed by atoms with E-state index in [4.69, 9.17) is 92.8 Å². The van der Waals surface area contributed by atoms with Gasteiger partial charge in [-0.2, -0.15) is 0 Å². The number of alkyl halides is 5. The minimum Gasteiger partial charge on any atom is -0.281 e. The predicted molar refractivity (Wildman–Crippen MR) is 144 cm³/mol. The van der Waals surface area contributed by atoms with Crippen LogP contribution in [0.5, 0.6) is 0 Å². The van der Waals surface area contributed by atoms with E-state index in [1.165, 1.54) is 0 Å². The maximum absolute atomic E-state index is 13.4.